The Morgan fingerprint density at radius 2 is 1.86 bits per heavy atom. The summed E-state index contributed by atoms with van der Waals surface area (Å²) in [6.07, 6.45) is 5.62. The zero-order valence-electron chi connectivity index (χ0n) is 11.5. The minimum Gasteiger partial charge on any atom is -0.508 e. The summed E-state index contributed by atoms with van der Waals surface area (Å²) in [5, 5.41) is 13.9. The highest BCUT2D eigenvalue weighted by atomic mass is 79.9. The number of anilines is 1. The first kappa shape index (κ1) is 13.0. The number of nitrogens with one attached hydrogen (secondary N) is 1. The van der Waals surface area contributed by atoms with Gasteiger partial charge in [0.1, 0.15) is 5.75 Å². The van der Waals surface area contributed by atoms with Crippen molar-refractivity contribution in [3.05, 3.63) is 70.2 Å². The molecule has 4 rings (SSSR count). The predicted molar refractivity (Wildman–Crippen MR) is 88.6 cm³/mol. The molecule has 3 atom stereocenters. The molecule has 2 aromatic rings. The van der Waals surface area contributed by atoms with Crippen LogP contribution in [0.3, 0.4) is 0 Å². The Bertz CT molecular complexity index is 725. The monoisotopic (exact) mass is 341 g/mol. The van der Waals surface area contributed by atoms with Crippen LogP contribution < -0.4 is 5.32 Å². The SMILES string of the molecule is Oc1ccccc1C1Nc2c(Br)cccc2C2C=CCC21. The fourth-order valence-corrected chi connectivity index (χ4v) is 4.14. The van der Waals surface area contributed by atoms with Crippen molar-refractivity contribution in [2.75, 3.05) is 5.32 Å². The zero-order valence-corrected chi connectivity index (χ0v) is 13.0. The Hall–Kier alpha value is -1.74. The van der Waals surface area contributed by atoms with E-state index in [0.29, 0.717) is 17.6 Å². The first-order chi connectivity index (χ1) is 10.3. The number of hydrogen-bond acceptors (Lipinski definition) is 2. The Balaban J connectivity index is 1.85. The number of hydrogen-bond donors (Lipinski definition) is 2. The van der Waals surface area contributed by atoms with Gasteiger partial charge in [-0.1, -0.05) is 42.5 Å². The lowest BCUT2D eigenvalue weighted by Gasteiger charge is -2.38. The molecule has 0 amide bonds. The zero-order chi connectivity index (χ0) is 14.4. The third-order valence-corrected chi connectivity index (χ3v) is 5.28. The van der Waals surface area contributed by atoms with Crippen molar-refractivity contribution < 1.29 is 5.11 Å². The van der Waals surface area contributed by atoms with E-state index in [0.717, 1.165) is 22.1 Å². The smallest absolute Gasteiger partial charge is 0.120 e. The van der Waals surface area contributed by atoms with Crippen molar-refractivity contribution in [1.29, 1.82) is 0 Å². The molecule has 0 saturated carbocycles. The third-order valence-electron chi connectivity index (χ3n) is 4.62. The average Bonchev–Trinajstić information content (AvgIpc) is 2.97. The van der Waals surface area contributed by atoms with E-state index in [-0.39, 0.29) is 6.04 Å². The molecule has 106 valence electrons. The van der Waals surface area contributed by atoms with E-state index in [4.69, 9.17) is 0 Å². The van der Waals surface area contributed by atoms with Crippen molar-refractivity contribution in [3.63, 3.8) is 0 Å². The van der Waals surface area contributed by atoms with Gasteiger partial charge >= 0.3 is 0 Å². The van der Waals surface area contributed by atoms with Crippen LogP contribution in [0.15, 0.2) is 59.1 Å². The molecule has 2 nitrogen and oxygen atoms in total. The number of phenols is 1. The maximum absolute atomic E-state index is 10.2. The van der Waals surface area contributed by atoms with Gasteiger partial charge in [-0.3, -0.25) is 0 Å². The minimum atomic E-state index is 0.136. The molecule has 0 radical (unpaired) electrons. The van der Waals surface area contributed by atoms with Gasteiger partial charge in [0.05, 0.1) is 11.7 Å². The van der Waals surface area contributed by atoms with Crippen LogP contribution in [0.2, 0.25) is 0 Å². The van der Waals surface area contributed by atoms with Gasteiger partial charge in [0.15, 0.2) is 0 Å². The van der Waals surface area contributed by atoms with Crippen LogP contribution in [-0.2, 0) is 0 Å². The summed E-state index contributed by atoms with van der Waals surface area (Å²) in [4.78, 5) is 0. The summed E-state index contributed by atoms with van der Waals surface area (Å²) < 4.78 is 1.08. The first-order valence-electron chi connectivity index (χ1n) is 7.25. The van der Waals surface area contributed by atoms with Gasteiger partial charge < -0.3 is 10.4 Å². The highest BCUT2D eigenvalue weighted by Gasteiger charge is 2.39. The second kappa shape index (κ2) is 4.92. The molecule has 0 saturated heterocycles. The Labute approximate surface area is 132 Å². The number of rotatable bonds is 1. The summed E-state index contributed by atoms with van der Waals surface area (Å²) in [5.74, 6) is 1.25. The quantitative estimate of drug-likeness (QED) is 0.717. The van der Waals surface area contributed by atoms with Gasteiger partial charge in [-0.25, -0.2) is 0 Å². The van der Waals surface area contributed by atoms with Crippen LogP contribution in [0.25, 0.3) is 0 Å². The highest BCUT2D eigenvalue weighted by Crippen LogP contribution is 2.52. The molecule has 21 heavy (non-hydrogen) atoms. The van der Waals surface area contributed by atoms with Crippen molar-refractivity contribution in [2.24, 2.45) is 5.92 Å². The van der Waals surface area contributed by atoms with Crippen LogP contribution >= 0.6 is 15.9 Å². The van der Waals surface area contributed by atoms with Crippen LogP contribution in [0.1, 0.15) is 29.5 Å². The van der Waals surface area contributed by atoms with Crippen molar-refractivity contribution >= 4 is 21.6 Å². The molecule has 2 N–H and O–H groups in total. The standard InChI is InChI=1S/C18H16BrNO/c19-15-9-4-8-13-11-6-3-7-12(11)17(20-18(13)15)14-5-1-2-10-16(14)21/h1-6,8-12,17,20-21H,7H2. The van der Waals surface area contributed by atoms with Crippen molar-refractivity contribution in [2.45, 2.75) is 18.4 Å². The molecule has 0 fully saturated rings. The molecule has 2 aromatic carbocycles. The number of benzene rings is 2. The van der Waals surface area contributed by atoms with Crippen molar-refractivity contribution in [3.8, 4) is 5.75 Å². The van der Waals surface area contributed by atoms with Gasteiger partial charge in [0.25, 0.3) is 0 Å². The molecule has 1 aliphatic heterocycles. The van der Waals surface area contributed by atoms with Gasteiger partial charge in [-0.2, -0.15) is 0 Å². The minimum absolute atomic E-state index is 0.136. The average molecular weight is 342 g/mol. The number of allylic oxidation sites excluding steroid dienone is 2. The number of phenolic OH excluding ortho intramolecular Hbond substituents is 1. The Morgan fingerprint density at radius 3 is 2.71 bits per heavy atom. The predicted octanol–water partition coefficient (Wildman–Crippen LogP) is 4.98. The van der Waals surface area contributed by atoms with E-state index in [1.165, 1.54) is 5.56 Å². The van der Waals surface area contributed by atoms with Crippen LogP contribution in [0.5, 0.6) is 5.75 Å². The molecule has 1 heterocycles. The summed E-state index contributed by atoms with van der Waals surface area (Å²) in [6, 6.07) is 14.1. The van der Waals surface area contributed by atoms with E-state index >= 15 is 0 Å². The third kappa shape index (κ3) is 1.99. The molecule has 3 unspecified atom stereocenters. The lowest BCUT2D eigenvalue weighted by Crippen LogP contribution is -2.29. The van der Waals surface area contributed by atoms with E-state index in [1.807, 2.05) is 18.2 Å². The van der Waals surface area contributed by atoms with E-state index in [9.17, 15) is 5.11 Å². The molecule has 0 spiro atoms. The lowest BCUT2D eigenvalue weighted by molar-refractivity contribution is 0.402. The first-order valence-corrected chi connectivity index (χ1v) is 8.04. The molecule has 0 bridgehead atoms. The van der Waals surface area contributed by atoms with Gasteiger partial charge in [-0.05, 0) is 46.0 Å². The molecule has 0 aromatic heterocycles. The number of aromatic hydroxyl groups is 1. The van der Waals surface area contributed by atoms with Crippen LogP contribution in [0, 0.1) is 5.92 Å². The summed E-state index contributed by atoms with van der Waals surface area (Å²) >= 11 is 3.65. The van der Waals surface area contributed by atoms with Crippen LogP contribution in [-0.4, -0.2) is 5.11 Å². The van der Waals surface area contributed by atoms with Gasteiger partial charge in [-0.15, -0.1) is 0 Å². The second-order valence-electron chi connectivity index (χ2n) is 5.74. The summed E-state index contributed by atoms with van der Waals surface area (Å²) in [5.41, 5.74) is 3.48. The highest BCUT2D eigenvalue weighted by molar-refractivity contribution is 9.10. The molecule has 2 aliphatic rings. The largest absolute Gasteiger partial charge is 0.508 e. The van der Waals surface area contributed by atoms with E-state index in [1.54, 1.807) is 6.07 Å². The maximum Gasteiger partial charge on any atom is 0.120 e. The lowest BCUT2D eigenvalue weighted by atomic mass is 9.77. The summed E-state index contributed by atoms with van der Waals surface area (Å²) in [6.45, 7) is 0. The fourth-order valence-electron chi connectivity index (χ4n) is 3.64. The fraction of sp³-hybridized carbons (Fsp3) is 0.222. The molecule has 3 heteroatoms. The number of para-hydroxylation sites is 2. The maximum atomic E-state index is 10.2. The van der Waals surface area contributed by atoms with Crippen LogP contribution in [0.4, 0.5) is 5.69 Å². The number of halogens is 1. The molecule has 1 aliphatic carbocycles. The van der Waals surface area contributed by atoms with Gasteiger partial charge in [0, 0.05) is 16.0 Å². The van der Waals surface area contributed by atoms with E-state index < -0.39 is 0 Å². The summed E-state index contributed by atoms with van der Waals surface area (Å²) in [7, 11) is 0. The molecular formula is C18H16BrNO. The van der Waals surface area contributed by atoms with Gasteiger partial charge in [0.2, 0.25) is 0 Å². The van der Waals surface area contributed by atoms with E-state index in [2.05, 4.69) is 51.6 Å². The van der Waals surface area contributed by atoms with Crippen molar-refractivity contribution in [1.82, 2.24) is 0 Å². The normalized spacial score (nSPS) is 26.0. The topological polar surface area (TPSA) is 32.3 Å². The second-order valence-corrected chi connectivity index (χ2v) is 6.59. The Morgan fingerprint density at radius 1 is 1.05 bits per heavy atom. The molecular weight excluding hydrogens is 326 g/mol. The number of fused-ring (bicyclic) bond motifs is 3. The Kier molecular flexibility index (Phi) is 3.03.